The van der Waals surface area contributed by atoms with Crippen molar-refractivity contribution >= 4 is 6.03 Å². The quantitative estimate of drug-likeness (QED) is 0.570. The van der Waals surface area contributed by atoms with E-state index in [0.29, 0.717) is 6.54 Å². The van der Waals surface area contributed by atoms with Crippen LogP contribution in [0, 0.1) is 13.8 Å². The van der Waals surface area contributed by atoms with E-state index in [-0.39, 0.29) is 17.6 Å². The van der Waals surface area contributed by atoms with Gasteiger partial charge in [0.15, 0.2) is 0 Å². The van der Waals surface area contributed by atoms with Gasteiger partial charge in [-0.05, 0) is 56.4 Å². The van der Waals surface area contributed by atoms with E-state index in [1.807, 2.05) is 29.2 Å². The third-order valence-electron chi connectivity index (χ3n) is 7.22. The molecule has 0 saturated carbocycles. The Morgan fingerprint density at radius 2 is 1.56 bits per heavy atom. The summed E-state index contributed by atoms with van der Waals surface area (Å²) in [5, 5.41) is 3.38. The topological polar surface area (TPSA) is 54.0 Å². The van der Waals surface area contributed by atoms with Crippen molar-refractivity contribution in [2.45, 2.75) is 57.8 Å². The van der Waals surface area contributed by atoms with E-state index in [1.165, 1.54) is 16.7 Å². The molecule has 2 saturated heterocycles. The summed E-state index contributed by atoms with van der Waals surface area (Å²) in [5.41, 5.74) is 4.74. The van der Waals surface area contributed by atoms with Crippen molar-refractivity contribution in [3.05, 3.63) is 71.3 Å². The lowest BCUT2D eigenvalue weighted by Crippen LogP contribution is -2.56. The van der Waals surface area contributed by atoms with Crippen molar-refractivity contribution in [3.63, 3.8) is 0 Å². The van der Waals surface area contributed by atoms with Gasteiger partial charge in [-0.15, -0.1) is 6.58 Å². The molecule has 2 aromatic carbocycles. The van der Waals surface area contributed by atoms with Gasteiger partial charge in [-0.25, -0.2) is 4.79 Å². The lowest BCUT2D eigenvalue weighted by molar-refractivity contribution is 0.106. The van der Waals surface area contributed by atoms with Crippen molar-refractivity contribution in [2.75, 3.05) is 27.3 Å². The fourth-order valence-corrected chi connectivity index (χ4v) is 5.64. The number of ether oxygens (including phenoxy) is 2. The maximum atomic E-state index is 13.2. The minimum absolute atomic E-state index is 0.00334. The van der Waals surface area contributed by atoms with Crippen LogP contribution in [0.25, 0.3) is 0 Å². The second-order valence-electron chi connectivity index (χ2n) is 9.75. The van der Waals surface area contributed by atoms with Crippen LogP contribution in [-0.2, 0) is 13.1 Å². The second kappa shape index (κ2) is 10.1. The molecule has 0 aromatic heterocycles. The van der Waals surface area contributed by atoms with Crippen molar-refractivity contribution in [2.24, 2.45) is 0 Å². The molecule has 0 bridgehead atoms. The third-order valence-corrected chi connectivity index (χ3v) is 7.22. The number of carbonyl (C=O) groups excluding carboxylic acids is 1. The molecule has 2 aliphatic rings. The zero-order chi connectivity index (χ0) is 24.3. The molecule has 6 heteroatoms. The summed E-state index contributed by atoms with van der Waals surface area (Å²) in [6.45, 7) is 11.7. The van der Waals surface area contributed by atoms with E-state index in [0.717, 1.165) is 56.0 Å². The smallest absolute Gasteiger partial charge is 0.318 e. The van der Waals surface area contributed by atoms with Crippen LogP contribution < -0.4 is 14.8 Å². The van der Waals surface area contributed by atoms with Crippen LogP contribution in [0.4, 0.5) is 4.79 Å². The summed E-state index contributed by atoms with van der Waals surface area (Å²) >= 11 is 0. The molecule has 2 amide bonds. The Labute approximate surface area is 203 Å². The molecule has 2 aromatic rings. The molecule has 6 nitrogen and oxygen atoms in total. The molecule has 2 aliphatic heterocycles. The Bertz CT molecular complexity index is 1000. The summed E-state index contributed by atoms with van der Waals surface area (Å²) < 4.78 is 10.9. The molecule has 4 rings (SSSR count). The van der Waals surface area contributed by atoms with E-state index in [2.05, 4.69) is 48.8 Å². The minimum atomic E-state index is -0.229. The monoisotopic (exact) mass is 463 g/mol. The minimum Gasteiger partial charge on any atom is -0.497 e. The molecular weight excluding hydrogens is 426 g/mol. The first-order valence-electron chi connectivity index (χ1n) is 12.1. The number of likely N-dealkylation sites (tertiary alicyclic amines) is 1. The van der Waals surface area contributed by atoms with E-state index < -0.39 is 0 Å². The summed E-state index contributed by atoms with van der Waals surface area (Å²) in [4.78, 5) is 17.7. The van der Waals surface area contributed by atoms with Gasteiger partial charge in [0, 0.05) is 32.2 Å². The molecule has 1 N–H and O–H groups in total. The molecule has 1 spiro atoms. The van der Waals surface area contributed by atoms with Crippen molar-refractivity contribution < 1.29 is 14.3 Å². The number of methoxy groups -OCH3 is 2. The Balaban J connectivity index is 1.49. The average molecular weight is 464 g/mol. The molecular formula is C28H37N3O3. The molecule has 0 aliphatic carbocycles. The standard InChI is InChI=1S/C28H37N3O3/c1-6-7-26-28(8-10-30(11-9-28)18-22-13-20(2)12-21(3)14-22)29-27(32)31(26)19-23-15-24(33-4)17-25(16-23)34-5/h6,12-17,26H,1,7-11,18-19H2,2-5H3,(H,29,32). The Kier molecular flexibility index (Phi) is 7.17. The van der Waals surface area contributed by atoms with Crippen LogP contribution in [0.5, 0.6) is 11.5 Å². The largest absolute Gasteiger partial charge is 0.497 e. The predicted octanol–water partition coefficient (Wildman–Crippen LogP) is 4.83. The Morgan fingerprint density at radius 1 is 0.971 bits per heavy atom. The number of nitrogens with one attached hydrogen (secondary N) is 1. The van der Waals surface area contributed by atoms with Crippen LogP contribution in [-0.4, -0.2) is 54.7 Å². The first-order chi connectivity index (χ1) is 16.4. The number of amides is 2. The van der Waals surface area contributed by atoms with Crippen molar-refractivity contribution in [3.8, 4) is 11.5 Å². The van der Waals surface area contributed by atoms with Gasteiger partial charge < -0.3 is 19.7 Å². The number of carbonyl (C=O) groups is 1. The van der Waals surface area contributed by atoms with E-state index in [4.69, 9.17) is 9.47 Å². The molecule has 1 unspecified atom stereocenters. The summed E-state index contributed by atoms with van der Waals surface area (Å²) in [6.07, 6.45) is 4.56. The maximum Gasteiger partial charge on any atom is 0.318 e. The highest BCUT2D eigenvalue weighted by molar-refractivity contribution is 5.79. The summed E-state index contributed by atoms with van der Waals surface area (Å²) in [5.74, 6) is 1.45. The van der Waals surface area contributed by atoms with Gasteiger partial charge in [-0.3, -0.25) is 4.90 Å². The second-order valence-corrected chi connectivity index (χ2v) is 9.75. The fourth-order valence-electron chi connectivity index (χ4n) is 5.64. The molecule has 2 fully saturated rings. The zero-order valence-corrected chi connectivity index (χ0v) is 20.9. The lowest BCUT2D eigenvalue weighted by Gasteiger charge is -2.43. The zero-order valence-electron chi connectivity index (χ0n) is 20.9. The maximum absolute atomic E-state index is 13.2. The molecule has 0 radical (unpaired) electrons. The Morgan fingerprint density at radius 3 is 2.12 bits per heavy atom. The highest BCUT2D eigenvalue weighted by atomic mass is 16.5. The number of piperidine rings is 1. The number of aryl methyl sites for hydroxylation is 2. The number of urea groups is 1. The van der Waals surface area contributed by atoms with Crippen LogP contribution in [0.3, 0.4) is 0 Å². The SMILES string of the molecule is C=CCC1N(Cc2cc(OC)cc(OC)c2)C(=O)NC12CCN(Cc1cc(C)cc(C)c1)CC2. The highest BCUT2D eigenvalue weighted by Gasteiger charge is 2.51. The van der Waals surface area contributed by atoms with Gasteiger partial charge in [0.2, 0.25) is 0 Å². The molecule has 182 valence electrons. The van der Waals surface area contributed by atoms with Gasteiger partial charge in [0.1, 0.15) is 11.5 Å². The fraction of sp³-hybridized carbons (Fsp3) is 0.464. The molecule has 2 heterocycles. The number of hydrogen-bond donors (Lipinski definition) is 1. The van der Waals surface area contributed by atoms with Gasteiger partial charge in [-0.2, -0.15) is 0 Å². The number of nitrogens with zero attached hydrogens (tertiary/aromatic N) is 2. The third kappa shape index (κ3) is 5.07. The van der Waals surface area contributed by atoms with Gasteiger partial charge >= 0.3 is 6.03 Å². The van der Waals surface area contributed by atoms with Crippen molar-refractivity contribution in [1.29, 1.82) is 0 Å². The van der Waals surface area contributed by atoms with E-state index in [9.17, 15) is 4.79 Å². The molecule has 34 heavy (non-hydrogen) atoms. The van der Waals surface area contributed by atoms with Gasteiger partial charge in [-0.1, -0.05) is 35.4 Å². The number of rotatable bonds is 8. The number of benzene rings is 2. The van der Waals surface area contributed by atoms with Gasteiger partial charge in [0.25, 0.3) is 0 Å². The van der Waals surface area contributed by atoms with Crippen LogP contribution in [0.2, 0.25) is 0 Å². The normalized spacial score (nSPS) is 19.8. The van der Waals surface area contributed by atoms with E-state index >= 15 is 0 Å². The lowest BCUT2D eigenvalue weighted by atomic mass is 9.80. The van der Waals surface area contributed by atoms with Crippen molar-refractivity contribution in [1.82, 2.24) is 15.1 Å². The van der Waals surface area contributed by atoms with Gasteiger partial charge in [0.05, 0.1) is 25.8 Å². The van der Waals surface area contributed by atoms with Crippen LogP contribution in [0.1, 0.15) is 41.5 Å². The van der Waals surface area contributed by atoms with E-state index in [1.54, 1.807) is 14.2 Å². The number of hydrogen-bond acceptors (Lipinski definition) is 4. The first kappa shape index (κ1) is 24.1. The average Bonchev–Trinajstić information content (AvgIpc) is 3.05. The van der Waals surface area contributed by atoms with Crippen LogP contribution in [0.15, 0.2) is 49.1 Å². The first-order valence-corrected chi connectivity index (χ1v) is 12.1. The predicted molar refractivity (Wildman–Crippen MR) is 135 cm³/mol. The Hall–Kier alpha value is -2.99. The highest BCUT2D eigenvalue weighted by Crippen LogP contribution is 2.37. The molecule has 1 atom stereocenters. The summed E-state index contributed by atoms with van der Waals surface area (Å²) in [6, 6.07) is 12.6. The summed E-state index contributed by atoms with van der Waals surface area (Å²) in [7, 11) is 3.28. The van der Waals surface area contributed by atoms with Crippen LogP contribution >= 0.6 is 0 Å².